The van der Waals surface area contributed by atoms with Gasteiger partial charge in [-0.05, 0) is 19.3 Å². The molecule has 0 amide bonds. The van der Waals surface area contributed by atoms with E-state index in [9.17, 15) is 5.11 Å². The number of hydrogen-bond acceptors (Lipinski definition) is 2. The van der Waals surface area contributed by atoms with Gasteiger partial charge in [0.05, 0.1) is 0 Å². The predicted molar refractivity (Wildman–Crippen MR) is 36.5 cm³/mol. The molecule has 2 nitrogen and oxygen atoms in total. The summed E-state index contributed by atoms with van der Waals surface area (Å²) >= 11 is 0. The van der Waals surface area contributed by atoms with Gasteiger partial charge in [0.15, 0.2) is 0 Å². The monoisotopic (exact) mass is 128 g/mol. The Bertz CT molecular complexity index is 85.0. The molecule has 1 rings (SSSR count). The largest absolute Gasteiger partial charge is 0.378 e. The molecule has 1 unspecified atom stereocenters. The Morgan fingerprint density at radius 3 is 3.00 bits per heavy atom. The van der Waals surface area contributed by atoms with Crippen molar-refractivity contribution in [1.29, 1.82) is 0 Å². The molecular weight excluding hydrogens is 114 g/mol. The van der Waals surface area contributed by atoms with Crippen LogP contribution in [0.1, 0.15) is 26.2 Å². The van der Waals surface area contributed by atoms with Crippen molar-refractivity contribution in [3.63, 3.8) is 0 Å². The van der Waals surface area contributed by atoms with Gasteiger partial charge < -0.3 is 5.11 Å². The summed E-state index contributed by atoms with van der Waals surface area (Å²) < 4.78 is 0. The highest BCUT2D eigenvalue weighted by atomic mass is 16.3. The highest BCUT2D eigenvalue weighted by Gasteiger charge is 2.20. The summed E-state index contributed by atoms with van der Waals surface area (Å²) in [5.41, 5.74) is 0. The van der Waals surface area contributed by atoms with Gasteiger partial charge in [0, 0.05) is 13.1 Å². The standard InChI is InChI=1S/C7H14NO/c1-2-5-8-6-3-4-7(8)9/h5,7,9H,2-4,6H2,1H3. The van der Waals surface area contributed by atoms with Crippen molar-refractivity contribution < 1.29 is 5.11 Å². The van der Waals surface area contributed by atoms with Crippen LogP contribution in [0.3, 0.4) is 0 Å². The molecule has 1 heterocycles. The Balaban J connectivity index is 2.22. The lowest BCUT2D eigenvalue weighted by Gasteiger charge is -2.17. The highest BCUT2D eigenvalue weighted by Crippen LogP contribution is 2.16. The average molecular weight is 128 g/mol. The summed E-state index contributed by atoms with van der Waals surface area (Å²) in [7, 11) is 0. The van der Waals surface area contributed by atoms with Crippen LogP contribution in [0, 0.1) is 6.54 Å². The van der Waals surface area contributed by atoms with Crippen LogP contribution in [0.2, 0.25) is 0 Å². The molecule has 1 fully saturated rings. The molecule has 9 heavy (non-hydrogen) atoms. The number of nitrogens with zero attached hydrogens (tertiary/aromatic N) is 1. The van der Waals surface area contributed by atoms with Gasteiger partial charge in [0.1, 0.15) is 6.23 Å². The molecule has 1 aliphatic rings. The van der Waals surface area contributed by atoms with Crippen molar-refractivity contribution in [2.24, 2.45) is 0 Å². The molecule has 0 bridgehead atoms. The van der Waals surface area contributed by atoms with E-state index in [-0.39, 0.29) is 6.23 Å². The second-order valence-corrected chi connectivity index (χ2v) is 2.45. The molecule has 0 aromatic rings. The molecule has 1 radical (unpaired) electrons. The van der Waals surface area contributed by atoms with E-state index in [4.69, 9.17) is 0 Å². The molecule has 1 aliphatic heterocycles. The average Bonchev–Trinajstić information content (AvgIpc) is 2.18. The lowest BCUT2D eigenvalue weighted by atomic mass is 10.4. The van der Waals surface area contributed by atoms with Gasteiger partial charge in [0.2, 0.25) is 0 Å². The molecule has 0 aromatic heterocycles. The van der Waals surface area contributed by atoms with E-state index in [2.05, 4.69) is 13.5 Å². The normalized spacial score (nSPS) is 29.3. The topological polar surface area (TPSA) is 23.5 Å². The van der Waals surface area contributed by atoms with E-state index in [1.165, 1.54) is 0 Å². The summed E-state index contributed by atoms with van der Waals surface area (Å²) in [6.45, 7) is 5.19. The Hall–Kier alpha value is -0.0800. The van der Waals surface area contributed by atoms with Gasteiger partial charge in [-0.15, -0.1) is 0 Å². The van der Waals surface area contributed by atoms with Gasteiger partial charge in [-0.3, -0.25) is 4.90 Å². The molecule has 1 atom stereocenters. The van der Waals surface area contributed by atoms with Crippen LogP contribution in [-0.2, 0) is 0 Å². The summed E-state index contributed by atoms with van der Waals surface area (Å²) in [5, 5.41) is 9.21. The van der Waals surface area contributed by atoms with Gasteiger partial charge >= 0.3 is 0 Å². The molecule has 0 spiro atoms. The molecule has 2 heteroatoms. The SMILES string of the molecule is CC[CH]N1CCCC1O. The Labute approximate surface area is 56.5 Å². The smallest absolute Gasteiger partial charge is 0.107 e. The zero-order chi connectivity index (χ0) is 6.69. The van der Waals surface area contributed by atoms with Crippen LogP contribution in [0.4, 0.5) is 0 Å². The quantitative estimate of drug-likeness (QED) is 0.599. The van der Waals surface area contributed by atoms with Crippen LogP contribution in [0.5, 0.6) is 0 Å². The second kappa shape index (κ2) is 3.18. The first-order valence-corrected chi connectivity index (χ1v) is 3.61. The van der Waals surface area contributed by atoms with Crippen LogP contribution in [-0.4, -0.2) is 22.8 Å². The molecule has 0 saturated carbocycles. The van der Waals surface area contributed by atoms with Gasteiger partial charge in [-0.1, -0.05) is 6.92 Å². The third kappa shape index (κ3) is 1.66. The van der Waals surface area contributed by atoms with Gasteiger partial charge in [-0.25, -0.2) is 0 Å². The minimum atomic E-state index is -0.190. The van der Waals surface area contributed by atoms with Crippen LogP contribution in [0.25, 0.3) is 0 Å². The second-order valence-electron chi connectivity index (χ2n) is 2.45. The van der Waals surface area contributed by atoms with Crippen molar-refractivity contribution in [3.8, 4) is 0 Å². The molecule has 1 saturated heterocycles. The van der Waals surface area contributed by atoms with Crippen molar-refractivity contribution in [1.82, 2.24) is 4.90 Å². The fourth-order valence-corrected chi connectivity index (χ4v) is 1.22. The summed E-state index contributed by atoms with van der Waals surface area (Å²) in [5.74, 6) is 0. The van der Waals surface area contributed by atoms with E-state index in [1.807, 2.05) is 4.90 Å². The number of rotatable bonds is 2. The zero-order valence-electron chi connectivity index (χ0n) is 5.88. The number of hydrogen-bond donors (Lipinski definition) is 1. The number of aliphatic hydroxyl groups is 1. The number of likely N-dealkylation sites (tertiary alicyclic amines) is 1. The van der Waals surface area contributed by atoms with Crippen LogP contribution >= 0.6 is 0 Å². The van der Waals surface area contributed by atoms with Gasteiger partial charge in [0.25, 0.3) is 0 Å². The van der Waals surface area contributed by atoms with Crippen molar-refractivity contribution in [3.05, 3.63) is 6.54 Å². The zero-order valence-corrected chi connectivity index (χ0v) is 5.88. The van der Waals surface area contributed by atoms with Crippen LogP contribution in [0.15, 0.2) is 0 Å². The third-order valence-corrected chi connectivity index (χ3v) is 1.68. The molecule has 0 aliphatic carbocycles. The maximum Gasteiger partial charge on any atom is 0.107 e. The van der Waals surface area contributed by atoms with E-state index in [0.29, 0.717) is 0 Å². The Kier molecular flexibility index (Phi) is 2.49. The van der Waals surface area contributed by atoms with E-state index in [0.717, 1.165) is 25.8 Å². The van der Waals surface area contributed by atoms with E-state index < -0.39 is 0 Å². The van der Waals surface area contributed by atoms with Crippen molar-refractivity contribution in [2.75, 3.05) is 6.54 Å². The lowest BCUT2D eigenvalue weighted by Crippen LogP contribution is -2.25. The maximum absolute atomic E-state index is 9.21. The fraction of sp³-hybridized carbons (Fsp3) is 0.857. The molecule has 53 valence electrons. The Morgan fingerprint density at radius 2 is 2.56 bits per heavy atom. The van der Waals surface area contributed by atoms with Gasteiger partial charge in [-0.2, -0.15) is 0 Å². The maximum atomic E-state index is 9.21. The first kappa shape index (κ1) is 7.03. The van der Waals surface area contributed by atoms with E-state index >= 15 is 0 Å². The molecule has 1 N–H and O–H groups in total. The highest BCUT2D eigenvalue weighted by molar-refractivity contribution is 4.76. The minimum Gasteiger partial charge on any atom is -0.378 e. The third-order valence-electron chi connectivity index (χ3n) is 1.68. The first-order chi connectivity index (χ1) is 4.34. The summed E-state index contributed by atoms with van der Waals surface area (Å²) in [6, 6.07) is 0. The first-order valence-electron chi connectivity index (χ1n) is 3.61. The summed E-state index contributed by atoms with van der Waals surface area (Å²) in [6.07, 6.45) is 2.91. The number of aliphatic hydroxyl groups excluding tert-OH is 1. The van der Waals surface area contributed by atoms with Crippen molar-refractivity contribution in [2.45, 2.75) is 32.4 Å². The predicted octanol–water partition coefficient (Wildman–Crippen LogP) is 0.972. The summed E-state index contributed by atoms with van der Waals surface area (Å²) in [4.78, 5) is 2.01. The molecular formula is C7H14NO. The van der Waals surface area contributed by atoms with Crippen LogP contribution < -0.4 is 0 Å². The Morgan fingerprint density at radius 1 is 1.78 bits per heavy atom. The fourth-order valence-electron chi connectivity index (χ4n) is 1.22. The van der Waals surface area contributed by atoms with Crippen molar-refractivity contribution >= 4 is 0 Å². The molecule has 0 aromatic carbocycles. The minimum absolute atomic E-state index is 0.190. The lowest BCUT2D eigenvalue weighted by molar-refractivity contribution is 0.0574. The van der Waals surface area contributed by atoms with E-state index in [1.54, 1.807) is 0 Å².